The van der Waals surface area contributed by atoms with Crippen LogP contribution in [0.1, 0.15) is 62.8 Å². The Morgan fingerprint density at radius 2 is 1.62 bits per heavy atom. The number of aryl methyl sites for hydroxylation is 2. The third-order valence-corrected chi connectivity index (χ3v) is 5.91. The normalized spacial score (nSPS) is 14.5. The smallest absolute Gasteiger partial charge is 0.408 e. The third kappa shape index (κ3) is 6.37. The van der Waals surface area contributed by atoms with Crippen molar-refractivity contribution in [2.24, 2.45) is 0 Å². The molecule has 1 fully saturated rings. The molecule has 2 aromatic rings. The van der Waals surface area contributed by atoms with Gasteiger partial charge in [-0.15, -0.1) is 0 Å². The summed E-state index contributed by atoms with van der Waals surface area (Å²) in [6, 6.07) is 14.3. The first-order chi connectivity index (χ1) is 16.1. The molecule has 3 amide bonds. The predicted molar refractivity (Wildman–Crippen MR) is 132 cm³/mol. The van der Waals surface area contributed by atoms with Crippen LogP contribution < -0.4 is 10.6 Å². The molecule has 1 aliphatic carbocycles. The molecule has 182 valence electrons. The van der Waals surface area contributed by atoms with Gasteiger partial charge in [-0.05, 0) is 70.6 Å². The molecule has 34 heavy (non-hydrogen) atoms. The number of ether oxygens (including phenoxy) is 1. The maximum Gasteiger partial charge on any atom is 0.408 e. The van der Waals surface area contributed by atoms with Gasteiger partial charge in [-0.1, -0.05) is 48.5 Å². The van der Waals surface area contributed by atoms with Crippen molar-refractivity contribution in [2.75, 3.05) is 11.9 Å². The van der Waals surface area contributed by atoms with Gasteiger partial charge in [-0.2, -0.15) is 0 Å². The van der Waals surface area contributed by atoms with Crippen LogP contribution in [0.3, 0.4) is 0 Å². The Kier molecular flexibility index (Phi) is 7.97. The van der Waals surface area contributed by atoms with Crippen molar-refractivity contribution in [3.05, 3.63) is 65.2 Å². The van der Waals surface area contributed by atoms with E-state index >= 15 is 0 Å². The van der Waals surface area contributed by atoms with Crippen LogP contribution in [0, 0.1) is 13.8 Å². The molecule has 0 spiro atoms. The number of hydrogen-bond donors (Lipinski definition) is 2. The van der Waals surface area contributed by atoms with Crippen LogP contribution in [0.4, 0.5) is 10.5 Å². The number of nitrogens with one attached hydrogen (secondary N) is 2. The Bertz CT molecular complexity index is 1010. The molecule has 0 heterocycles. The van der Waals surface area contributed by atoms with Gasteiger partial charge in [0.25, 0.3) is 5.91 Å². The minimum Gasteiger partial charge on any atom is -0.444 e. The molecule has 0 radical (unpaired) electrons. The second-order valence-electron chi connectivity index (χ2n) is 9.81. The molecule has 7 heteroatoms. The van der Waals surface area contributed by atoms with Crippen molar-refractivity contribution in [3.8, 4) is 0 Å². The molecular weight excluding hydrogens is 430 g/mol. The number of para-hydroxylation sites is 1. The number of nitrogens with zero attached hydrogens (tertiary/aromatic N) is 1. The quantitative estimate of drug-likeness (QED) is 0.610. The van der Waals surface area contributed by atoms with Gasteiger partial charge < -0.3 is 20.3 Å². The number of hydrogen-bond acceptors (Lipinski definition) is 4. The highest BCUT2D eigenvalue weighted by atomic mass is 16.6. The Hall–Kier alpha value is -3.35. The van der Waals surface area contributed by atoms with Crippen molar-refractivity contribution in [1.29, 1.82) is 0 Å². The van der Waals surface area contributed by atoms with E-state index < -0.39 is 17.7 Å². The van der Waals surface area contributed by atoms with Gasteiger partial charge in [0.15, 0.2) is 0 Å². The van der Waals surface area contributed by atoms with Gasteiger partial charge in [0.05, 0.1) is 0 Å². The fraction of sp³-hybridized carbons (Fsp3) is 0.444. The second-order valence-corrected chi connectivity index (χ2v) is 9.81. The van der Waals surface area contributed by atoms with Gasteiger partial charge in [0.1, 0.15) is 18.2 Å². The fourth-order valence-corrected chi connectivity index (χ4v) is 4.05. The minimum atomic E-state index is -0.821. The van der Waals surface area contributed by atoms with Crippen LogP contribution in [0.15, 0.2) is 48.5 Å². The minimum absolute atomic E-state index is 0.0677. The molecule has 7 nitrogen and oxygen atoms in total. The molecule has 1 unspecified atom stereocenters. The molecule has 0 aliphatic heterocycles. The Balaban J connectivity index is 1.89. The summed E-state index contributed by atoms with van der Waals surface area (Å²) < 4.78 is 5.27. The summed E-state index contributed by atoms with van der Waals surface area (Å²) in [5, 5.41) is 5.62. The van der Waals surface area contributed by atoms with E-state index in [2.05, 4.69) is 10.6 Å². The lowest BCUT2D eigenvalue weighted by atomic mass is 9.88. The highest BCUT2D eigenvalue weighted by Crippen LogP contribution is 2.34. The molecule has 0 saturated heterocycles. The highest BCUT2D eigenvalue weighted by Gasteiger charge is 2.39. The number of benzene rings is 2. The van der Waals surface area contributed by atoms with E-state index in [9.17, 15) is 14.4 Å². The summed E-state index contributed by atoms with van der Waals surface area (Å²) in [5.74, 6) is -0.595. The van der Waals surface area contributed by atoms with E-state index in [1.165, 1.54) is 0 Å². The van der Waals surface area contributed by atoms with Gasteiger partial charge in [-0.3, -0.25) is 9.59 Å². The number of carbonyl (C=O) groups is 3. The largest absolute Gasteiger partial charge is 0.444 e. The van der Waals surface area contributed by atoms with E-state index in [1.54, 1.807) is 25.7 Å². The van der Waals surface area contributed by atoms with Gasteiger partial charge >= 0.3 is 6.09 Å². The second kappa shape index (κ2) is 10.7. The fourth-order valence-electron chi connectivity index (χ4n) is 4.05. The van der Waals surface area contributed by atoms with E-state index in [-0.39, 0.29) is 24.4 Å². The Morgan fingerprint density at radius 3 is 2.15 bits per heavy atom. The molecular formula is C27H35N3O4. The molecule has 1 atom stereocenters. The van der Waals surface area contributed by atoms with E-state index in [4.69, 9.17) is 4.74 Å². The number of alkyl carbamates (subject to hydrolysis) is 1. The lowest BCUT2D eigenvalue weighted by Gasteiger charge is -2.42. The van der Waals surface area contributed by atoms with Crippen molar-refractivity contribution in [3.63, 3.8) is 0 Å². The van der Waals surface area contributed by atoms with Crippen LogP contribution in [-0.2, 0) is 14.3 Å². The summed E-state index contributed by atoms with van der Waals surface area (Å²) in [6.45, 7) is 8.93. The van der Waals surface area contributed by atoms with Crippen LogP contribution in [0.2, 0.25) is 0 Å². The van der Waals surface area contributed by atoms with Crippen LogP contribution in [0.5, 0.6) is 0 Å². The SMILES string of the molecule is Cc1cccc(C)c1NC(=O)C(c1ccccc1)N(C(=O)CNC(=O)OC(C)(C)C)C1CCC1. The summed E-state index contributed by atoms with van der Waals surface area (Å²) in [5.41, 5.74) is 2.71. The molecule has 3 rings (SSSR count). The Labute approximate surface area is 201 Å². The number of rotatable bonds is 7. The zero-order valence-electron chi connectivity index (χ0n) is 20.7. The molecule has 1 aliphatic rings. The third-order valence-electron chi connectivity index (χ3n) is 5.91. The van der Waals surface area contributed by atoms with Crippen molar-refractivity contribution in [1.82, 2.24) is 10.2 Å². The average molecular weight is 466 g/mol. The van der Waals surface area contributed by atoms with Crippen molar-refractivity contribution in [2.45, 2.75) is 71.6 Å². The van der Waals surface area contributed by atoms with Crippen LogP contribution in [0.25, 0.3) is 0 Å². The molecule has 0 aromatic heterocycles. The van der Waals surface area contributed by atoms with E-state index in [0.717, 1.165) is 41.6 Å². The number of amides is 3. The molecule has 0 bridgehead atoms. The maximum atomic E-state index is 13.7. The number of carbonyl (C=O) groups excluding carboxylic acids is 3. The average Bonchev–Trinajstić information content (AvgIpc) is 2.72. The van der Waals surface area contributed by atoms with Crippen LogP contribution in [-0.4, -0.2) is 41.0 Å². The molecule has 1 saturated carbocycles. The topological polar surface area (TPSA) is 87.7 Å². The first-order valence-corrected chi connectivity index (χ1v) is 11.8. The maximum absolute atomic E-state index is 13.7. The zero-order chi connectivity index (χ0) is 24.9. The van der Waals surface area contributed by atoms with Gasteiger partial charge in [-0.25, -0.2) is 4.79 Å². The molecule has 2 N–H and O–H groups in total. The summed E-state index contributed by atoms with van der Waals surface area (Å²) in [7, 11) is 0. The van der Waals surface area contributed by atoms with Crippen LogP contribution >= 0.6 is 0 Å². The zero-order valence-corrected chi connectivity index (χ0v) is 20.7. The first-order valence-electron chi connectivity index (χ1n) is 11.8. The van der Waals surface area contributed by atoms with Gasteiger partial charge in [0, 0.05) is 11.7 Å². The van der Waals surface area contributed by atoms with Crippen molar-refractivity contribution >= 4 is 23.6 Å². The number of anilines is 1. The monoisotopic (exact) mass is 465 g/mol. The van der Waals surface area contributed by atoms with Gasteiger partial charge in [0.2, 0.25) is 5.91 Å². The summed E-state index contributed by atoms with van der Waals surface area (Å²) >= 11 is 0. The van der Waals surface area contributed by atoms with Crippen molar-refractivity contribution < 1.29 is 19.1 Å². The lowest BCUT2D eigenvalue weighted by molar-refractivity contribution is -0.143. The summed E-state index contributed by atoms with van der Waals surface area (Å²) in [4.78, 5) is 40.9. The predicted octanol–water partition coefficient (Wildman–Crippen LogP) is 4.89. The standard InChI is InChI=1S/C27H35N3O4/c1-18-11-9-12-19(2)23(18)29-25(32)24(20-13-7-6-8-14-20)30(21-15-10-16-21)22(31)17-28-26(33)34-27(3,4)5/h6-9,11-14,21,24H,10,15-17H2,1-5H3,(H,28,33)(H,29,32). The lowest BCUT2D eigenvalue weighted by Crippen LogP contribution is -2.53. The molecule has 2 aromatic carbocycles. The highest BCUT2D eigenvalue weighted by molar-refractivity contribution is 5.99. The van der Waals surface area contributed by atoms with E-state index in [0.29, 0.717) is 0 Å². The van der Waals surface area contributed by atoms with E-state index in [1.807, 2.05) is 62.4 Å². The summed E-state index contributed by atoms with van der Waals surface area (Å²) in [6.07, 6.45) is 1.97. The first kappa shape index (κ1) is 25.3. The Morgan fingerprint density at radius 1 is 1.00 bits per heavy atom.